The van der Waals surface area contributed by atoms with Crippen molar-refractivity contribution in [3.05, 3.63) is 35.5 Å². The molecule has 1 aromatic heterocycles. The van der Waals surface area contributed by atoms with Crippen LogP contribution in [0.25, 0.3) is 0 Å². The normalized spacial score (nSPS) is 16.1. The topological polar surface area (TPSA) is 24.9 Å². The quantitative estimate of drug-likeness (QED) is 0.820. The summed E-state index contributed by atoms with van der Waals surface area (Å²) in [6.07, 6.45) is 3.42. The smallest absolute Gasteiger partial charge is 0.370 e. The first-order valence-corrected chi connectivity index (χ1v) is 6.52. The zero-order chi connectivity index (χ0) is 13.7. The van der Waals surface area contributed by atoms with E-state index in [4.69, 9.17) is 0 Å². The SMILES string of the molecule is FC(F)(F)c1cccc(NCCC2=CCCCC2)n1. The molecule has 104 valence electrons. The van der Waals surface area contributed by atoms with Crippen molar-refractivity contribution < 1.29 is 13.2 Å². The van der Waals surface area contributed by atoms with Gasteiger partial charge in [-0.05, 0) is 44.2 Å². The number of pyridine rings is 1. The molecular weight excluding hydrogens is 253 g/mol. The second-order valence-electron chi connectivity index (χ2n) is 4.69. The van der Waals surface area contributed by atoms with Crippen molar-refractivity contribution in [3.63, 3.8) is 0 Å². The van der Waals surface area contributed by atoms with E-state index in [9.17, 15) is 13.2 Å². The lowest BCUT2D eigenvalue weighted by atomic mass is 9.97. The maximum Gasteiger partial charge on any atom is 0.433 e. The van der Waals surface area contributed by atoms with Crippen molar-refractivity contribution in [1.82, 2.24) is 4.98 Å². The van der Waals surface area contributed by atoms with Crippen molar-refractivity contribution in [1.29, 1.82) is 0 Å². The molecule has 0 amide bonds. The molecule has 0 saturated heterocycles. The van der Waals surface area contributed by atoms with Gasteiger partial charge in [0.15, 0.2) is 0 Å². The number of hydrogen-bond acceptors (Lipinski definition) is 2. The van der Waals surface area contributed by atoms with Crippen LogP contribution in [-0.2, 0) is 6.18 Å². The maximum atomic E-state index is 12.5. The molecule has 0 fully saturated rings. The molecule has 0 saturated carbocycles. The van der Waals surface area contributed by atoms with Crippen LogP contribution in [-0.4, -0.2) is 11.5 Å². The van der Waals surface area contributed by atoms with E-state index >= 15 is 0 Å². The van der Waals surface area contributed by atoms with Gasteiger partial charge in [0.2, 0.25) is 0 Å². The van der Waals surface area contributed by atoms with Gasteiger partial charge in [-0.15, -0.1) is 0 Å². The Morgan fingerprint density at radius 2 is 2.05 bits per heavy atom. The predicted molar refractivity (Wildman–Crippen MR) is 68.9 cm³/mol. The van der Waals surface area contributed by atoms with E-state index in [2.05, 4.69) is 16.4 Å². The molecule has 1 aromatic rings. The lowest BCUT2D eigenvalue weighted by Crippen LogP contribution is -2.11. The van der Waals surface area contributed by atoms with Crippen LogP contribution in [0, 0.1) is 0 Å². The van der Waals surface area contributed by atoms with Gasteiger partial charge in [-0.25, -0.2) is 4.98 Å². The molecule has 0 unspecified atom stereocenters. The molecule has 1 N–H and O–H groups in total. The number of alkyl halides is 3. The Morgan fingerprint density at radius 3 is 2.74 bits per heavy atom. The lowest BCUT2D eigenvalue weighted by molar-refractivity contribution is -0.141. The van der Waals surface area contributed by atoms with Crippen LogP contribution >= 0.6 is 0 Å². The van der Waals surface area contributed by atoms with Crippen LogP contribution in [0.2, 0.25) is 0 Å². The number of rotatable bonds is 4. The first-order chi connectivity index (χ1) is 9.05. The van der Waals surface area contributed by atoms with Crippen molar-refractivity contribution in [3.8, 4) is 0 Å². The van der Waals surface area contributed by atoms with E-state index < -0.39 is 11.9 Å². The van der Waals surface area contributed by atoms with Gasteiger partial charge in [0.1, 0.15) is 11.5 Å². The Bertz CT molecular complexity index is 452. The monoisotopic (exact) mass is 270 g/mol. The van der Waals surface area contributed by atoms with Gasteiger partial charge in [0.05, 0.1) is 0 Å². The van der Waals surface area contributed by atoms with Crippen LogP contribution in [0.1, 0.15) is 37.8 Å². The van der Waals surface area contributed by atoms with Crippen LogP contribution in [0.15, 0.2) is 29.8 Å². The molecule has 0 radical (unpaired) electrons. The summed E-state index contributed by atoms with van der Waals surface area (Å²) < 4.78 is 37.4. The third-order valence-corrected chi connectivity index (χ3v) is 3.18. The van der Waals surface area contributed by atoms with Gasteiger partial charge in [0.25, 0.3) is 0 Å². The summed E-state index contributed by atoms with van der Waals surface area (Å²) in [6.45, 7) is 0.625. The second kappa shape index (κ2) is 6.08. The predicted octanol–water partition coefficient (Wildman–Crippen LogP) is 4.40. The van der Waals surface area contributed by atoms with Gasteiger partial charge in [-0.1, -0.05) is 17.7 Å². The third kappa shape index (κ3) is 4.26. The molecule has 1 heterocycles. The molecule has 2 nitrogen and oxygen atoms in total. The Morgan fingerprint density at radius 1 is 1.21 bits per heavy atom. The number of anilines is 1. The van der Waals surface area contributed by atoms with E-state index in [-0.39, 0.29) is 5.82 Å². The minimum Gasteiger partial charge on any atom is -0.370 e. The fourth-order valence-electron chi connectivity index (χ4n) is 2.17. The largest absolute Gasteiger partial charge is 0.433 e. The zero-order valence-electron chi connectivity index (χ0n) is 10.6. The summed E-state index contributed by atoms with van der Waals surface area (Å²) in [4.78, 5) is 3.57. The number of allylic oxidation sites excluding steroid dienone is 1. The van der Waals surface area contributed by atoms with Crippen LogP contribution in [0.5, 0.6) is 0 Å². The highest BCUT2D eigenvalue weighted by atomic mass is 19.4. The number of halogens is 3. The molecule has 1 aliphatic rings. The molecule has 0 spiro atoms. The fourth-order valence-corrected chi connectivity index (χ4v) is 2.17. The fraction of sp³-hybridized carbons (Fsp3) is 0.500. The minimum atomic E-state index is -4.39. The Kier molecular flexibility index (Phi) is 4.45. The summed E-state index contributed by atoms with van der Waals surface area (Å²) in [5.41, 5.74) is 0.542. The van der Waals surface area contributed by atoms with Crippen LogP contribution in [0.4, 0.5) is 19.0 Å². The van der Waals surface area contributed by atoms with E-state index in [1.165, 1.54) is 24.5 Å². The van der Waals surface area contributed by atoms with Gasteiger partial charge in [0, 0.05) is 6.54 Å². The Labute approximate surface area is 110 Å². The Balaban J connectivity index is 1.87. The number of nitrogens with one attached hydrogen (secondary N) is 1. The molecule has 19 heavy (non-hydrogen) atoms. The molecule has 0 aliphatic heterocycles. The molecule has 2 rings (SSSR count). The van der Waals surface area contributed by atoms with E-state index in [0.717, 1.165) is 25.3 Å². The number of aromatic nitrogens is 1. The van der Waals surface area contributed by atoms with E-state index in [0.29, 0.717) is 6.54 Å². The Hall–Kier alpha value is -1.52. The van der Waals surface area contributed by atoms with Gasteiger partial charge < -0.3 is 5.32 Å². The summed E-state index contributed by atoms with van der Waals surface area (Å²) >= 11 is 0. The summed E-state index contributed by atoms with van der Waals surface area (Å²) in [5.74, 6) is 0.284. The average molecular weight is 270 g/mol. The molecule has 0 bridgehead atoms. The maximum absolute atomic E-state index is 12.5. The zero-order valence-corrected chi connectivity index (χ0v) is 10.6. The number of hydrogen-bond donors (Lipinski definition) is 1. The number of nitrogens with zero attached hydrogens (tertiary/aromatic N) is 1. The average Bonchev–Trinajstić information content (AvgIpc) is 2.39. The first kappa shape index (κ1) is 13.9. The van der Waals surface area contributed by atoms with E-state index in [1.807, 2.05) is 0 Å². The van der Waals surface area contributed by atoms with Gasteiger partial charge in [-0.2, -0.15) is 13.2 Å². The summed E-state index contributed by atoms with van der Waals surface area (Å²) in [6, 6.07) is 3.91. The van der Waals surface area contributed by atoms with Gasteiger partial charge >= 0.3 is 6.18 Å². The molecule has 5 heteroatoms. The standard InChI is InChI=1S/C14H17F3N2/c15-14(16,17)12-7-4-8-13(19-12)18-10-9-11-5-2-1-3-6-11/h4-5,7-8H,1-3,6,9-10H2,(H,18,19). The highest BCUT2D eigenvalue weighted by Crippen LogP contribution is 2.28. The highest BCUT2D eigenvalue weighted by Gasteiger charge is 2.32. The molecular formula is C14H17F3N2. The van der Waals surface area contributed by atoms with E-state index in [1.54, 1.807) is 6.07 Å². The van der Waals surface area contributed by atoms with Gasteiger partial charge in [-0.3, -0.25) is 0 Å². The molecule has 0 aromatic carbocycles. The highest BCUT2D eigenvalue weighted by molar-refractivity contribution is 5.36. The molecule has 0 atom stereocenters. The lowest BCUT2D eigenvalue weighted by Gasteiger charge is -2.13. The van der Waals surface area contributed by atoms with Crippen molar-refractivity contribution in [2.45, 2.75) is 38.3 Å². The van der Waals surface area contributed by atoms with Crippen molar-refractivity contribution in [2.75, 3.05) is 11.9 Å². The minimum absolute atomic E-state index is 0.284. The summed E-state index contributed by atoms with van der Waals surface area (Å²) in [7, 11) is 0. The molecule has 1 aliphatic carbocycles. The van der Waals surface area contributed by atoms with Crippen LogP contribution < -0.4 is 5.32 Å². The second-order valence-corrected chi connectivity index (χ2v) is 4.69. The first-order valence-electron chi connectivity index (χ1n) is 6.52. The van der Waals surface area contributed by atoms with Crippen molar-refractivity contribution >= 4 is 5.82 Å². The van der Waals surface area contributed by atoms with Crippen LogP contribution in [0.3, 0.4) is 0 Å². The summed E-state index contributed by atoms with van der Waals surface area (Å²) in [5, 5.41) is 2.95. The third-order valence-electron chi connectivity index (χ3n) is 3.18. The van der Waals surface area contributed by atoms with Crippen molar-refractivity contribution in [2.24, 2.45) is 0 Å².